The Hall–Kier alpha value is -1.40. The molecule has 1 aliphatic carbocycles. The molecule has 1 atom stereocenters. The van der Waals surface area contributed by atoms with Gasteiger partial charge in [0.25, 0.3) is 5.91 Å². The minimum absolute atomic E-state index is 0.159. The maximum absolute atomic E-state index is 13.1. The summed E-state index contributed by atoms with van der Waals surface area (Å²) >= 11 is 0. The normalized spacial score (nSPS) is 20.2. The second kappa shape index (κ2) is 9.51. The highest BCUT2D eigenvalue weighted by Crippen LogP contribution is 2.27. The number of carbonyl (C=O) groups excluding carboxylic acids is 1. The summed E-state index contributed by atoms with van der Waals surface area (Å²) in [5.41, 5.74) is 3.25. The molecular formula is C20H35N5O. The van der Waals surface area contributed by atoms with Crippen molar-refractivity contribution in [2.75, 3.05) is 33.2 Å². The first kappa shape index (κ1) is 19.4. The van der Waals surface area contributed by atoms with Crippen molar-refractivity contribution in [2.45, 2.75) is 70.9 Å². The SMILES string of the molecule is CCCn1nc(C(=O)N2CCCCC2)c2c1CCC(NCCCNC)C2. The molecule has 1 amide bonds. The van der Waals surface area contributed by atoms with Crippen LogP contribution in [0.1, 0.15) is 67.2 Å². The van der Waals surface area contributed by atoms with E-state index in [4.69, 9.17) is 5.10 Å². The van der Waals surface area contributed by atoms with Crippen LogP contribution >= 0.6 is 0 Å². The maximum Gasteiger partial charge on any atom is 0.274 e. The van der Waals surface area contributed by atoms with E-state index in [-0.39, 0.29) is 5.91 Å². The Kier molecular flexibility index (Phi) is 7.08. The largest absolute Gasteiger partial charge is 0.337 e. The fraction of sp³-hybridized carbons (Fsp3) is 0.800. The van der Waals surface area contributed by atoms with E-state index < -0.39 is 0 Å². The van der Waals surface area contributed by atoms with Crippen molar-refractivity contribution in [3.05, 3.63) is 17.0 Å². The number of amides is 1. The van der Waals surface area contributed by atoms with E-state index in [0.29, 0.717) is 6.04 Å². The van der Waals surface area contributed by atoms with E-state index >= 15 is 0 Å². The van der Waals surface area contributed by atoms with Gasteiger partial charge in [0.05, 0.1) is 0 Å². The first-order chi connectivity index (χ1) is 12.7. The van der Waals surface area contributed by atoms with Crippen molar-refractivity contribution >= 4 is 5.91 Å². The third-order valence-corrected chi connectivity index (χ3v) is 5.66. The number of nitrogens with one attached hydrogen (secondary N) is 2. The number of aryl methyl sites for hydroxylation is 1. The summed E-state index contributed by atoms with van der Waals surface area (Å²) in [6.45, 7) is 6.93. The molecule has 1 saturated heterocycles. The number of fused-ring (bicyclic) bond motifs is 1. The van der Waals surface area contributed by atoms with Crippen molar-refractivity contribution in [1.29, 1.82) is 0 Å². The molecule has 0 aromatic carbocycles. The molecule has 1 unspecified atom stereocenters. The van der Waals surface area contributed by atoms with Gasteiger partial charge in [0.15, 0.2) is 5.69 Å². The highest BCUT2D eigenvalue weighted by Gasteiger charge is 2.31. The summed E-state index contributed by atoms with van der Waals surface area (Å²) in [7, 11) is 1.99. The van der Waals surface area contributed by atoms with Gasteiger partial charge in [-0.05, 0) is 71.5 Å². The lowest BCUT2D eigenvalue weighted by molar-refractivity contribution is 0.0716. The van der Waals surface area contributed by atoms with Crippen LogP contribution in [0.25, 0.3) is 0 Å². The number of piperidine rings is 1. The van der Waals surface area contributed by atoms with Crippen LogP contribution in [0.2, 0.25) is 0 Å². The highest BCUT2D eigenvalue weighted by molar-refractivity contribution is 5.94. The molecule has 26 heavy (non-hydrogen) atoms. The Morgan fingerprint density at radius 2 is 2.04 bits per heavy atom. The Morgan fingerprint density at radius 1 is 1.23 bits per heavy atom. The minimum atomic E-state index is 0.159. The summed E-state index contributed by atoms with van der Waals surface area (Å²) in [5.74, 6) is 0.159. The van der Waals surface area contributed by atoms with Crippen LogP contribution in [0.4, 0.5) is 0 Å². The molecular weight excluding hydrogens is 326 g/mol. The first-order valence-electron chi connectivity index (χ1n) is 10.5. The fourth-order valence-electron chi connectivity index (χ4n) is 4.25. The molecule has 3 rings (SSSR count). The van der Waals surface area contributed by atoms with Crippen molar-refractivity contribution < 1.29 is 4.79 Å². The lowest BCUT2D eigenvalue weighted by Crippen LogP contribution is -2.38. The van der Waals surface area contributed by atoms with Gasteiger partial charge >= 0.3 is 0 Å². The van der Waals surface area contributed by atoms with Crippen molar-refractivity contribution in [2.24, 2.45) is 0 Å². The summed E-state index contributed by atoms with van der Waals surface area (Å²) in [4.78, 5) is 15.1. The Labute approximate surface area is 157 Å². The van der Waals surface area contributed by atoms with Crippen molar-refractivity contribution in [3.63, 3.8) is 0 Å². The van der Waals surface area contributed by atoms with Crippen molar-refractivity contribution in [3.8, 4) is 0 Å². The van der Waals surface area contributed by atoms with Gasteiger partial charge in [0.1, 0.15) is 0 Å². The van der Waals surface area contributed by atoms with E-state index in [9.17, 15) is 4.79 Å². The van der Waals surface area contributed by atoms with Crippen LogP contribution in [-0.2, 0) is 19.4 Å². The second-order valence-corrected chi connectivity index (χ2v) is 7.70. The van der Waals surface area contributed by atoms with Crippen LogP contribution in [0.15, 0.2) is 0 Å². The third-order valence-electron chi connectivity index (χ3n) is 5.66. The number of nitrogens with zero attached hydrogens (tertiary/aromatic N) is 3. The lowest BCUT2D eigenvalue weighted by Gasteiger charge is -2.27. The van der Waals surface area contributed by atoms with Gasteiger partial charge in [-0.15, -0.1) is 0 Å². The summed E-state index contributed by atoms with van der Waals surface area (Å²) in [5, 5.41) is 11.7. The Balaban J connectivity index is 1.74. The molecule has 1 aromatic heterocycles. The van der Waals surface area contributed by atoms with E-state index in [1.54, 1.807) is 0 Å². The number of carbonyl (C=O) groups is 1. The van der Waals surface area contributed by atoms with Gasteiger partial charge in [-0.1, -0.05) is 6.92 Å². The standard InChI is InChI=1S/C20H35N5O/c1-3-12-25-18-9-8-16(22-11-7-10-21-2)15-17(18)19(23-25)20(26)24-13-5-4-6-14-24/h16,21-22H,3-15H2,1-2H3. The number of hydrogen-bond donors (Lipinski definition) is 2. The van der Waals surface area contributed by atoms with E-state index in [2.05, 4.69) is 22.2 Å². The Bertz CT molecular complexity index is 591. The van der Waals surface area contributed by atoms with Crippen LogP contribution in [0, 0.1) is 0 Å². The number of rotatable bonds is 8. The molecule has 2 N–H and O–H groups in total. The summed E-state index contributed by atoms with van der Waals surface area (Å²) in [6, 6.07) is 0.464. The molecule has 0 saturated carbocycles. The lowest BCUT2D eigenvalue weighted by atomic mass is 9.90. The number of hydrogen-bond acceptors (Lipinski definition) is 4. The van der Waals surface area contributed by atoms with Crippen LogP contribution in [0.3, 0.4) is 0 Å². The Morgan fingerprint density at radius 3 is 2.77 bits per heavy atom. The maximum atomic E-state index is 13.1. The van der Waals surface area contributed by atoms with Crippen molar-refractivity contribution in [1.82, 2.24) is 25.3 Å². The molecule has 0 bridgehead atoms. The number of aromatic nitrogens is 2. The monoisotopic (exact) mass is 361 g/mol. The average molecular weight is 362 g/mol. The van der Waals surface area contributed by atoms with Crippen LogP contribution in [-0.4, -0.2) is 59.9 Å². The molecule has 0 radical (unpaired) electrons. The smallest absolute Gasteiger partial charge is 0.274 e. The average Bonchev–Trinajstić information content (AvgIpc) is 3.03. The van der Waals surface area contributed by atoms with E-state index in [1.165, 1.54) is 17.7 Å². The van der Waals surface area contributed by atoms with Gasteiger partial charge in [-0.3, -0.25) is 9.48 Å². The second-order valence-electron chi connectivity index (χ2n) is 7.70. The first-order valence-corrected chi connectivity index (χ1v) is 10.5. The zero-order valence-corrected chi connectivity index (χ0v) is 16.5. The van der Waals surface area contributed by atoms with Gasteiger partial charge < -0.3 is 15.5 Å². The fourth-order valence-corrected chi connectivity index (χ4v) is 4.25. The molecule has 146 valence electrons. The molecule has 1 aromatic rings. The topological polar surface area (TPSA) is 62.2 Å². The van der Waals surface area contributed by atoms with E-state index in [1.807, 2.05) is 11.9 Å². The molecule has 2 heterocycles. The molecule has 0 spiro atoms. The van der Waals surface area contributed by atoms with E-state index in [0.717, 1.165) is 83.4 Å². The molecule has 1 aliphatic heterocycles. The van der Waals surface area contributed by atoms with Gasteiger partial charge in [-0.25, -0.2) is 0 Å². The quantitative estimate of drug-likeness (QED) is 0.695. The van der Waals surface area contributed by atoms with Crippen LogP contribution in [0.5, 0.6) is 0 Å². The molecule has 2 aliphatic rings. The summed E-state index contributed by atoms with van der Waals surface area (Å²) in [6.07, 6.45) is 8.78. The predicted octanol–water partition coefficient (Wildman–Crippen LogP) is 1.98. The predicted molar refractivity (Wildman–Crippen MR) is 105 cm³/mol. The zero-order valence-electron chi connectivity index (χ0n) is 16.5. The summed E-state index contributed by atoms with van der Waals surface area (Å²) < 4.78 is 2.11. The minimum Gasteiger partial charge on any atom is -0.337 e. The van der Waals surface area contributed by atoms with Gasteiger partial charge in [0, 0.05) is 36.9 Å². The van der Waals surface area contributed by atoms with Gasteiger partial charge in [-0.2, -0.15) is 5.10 Å². The molecule has 6 heteroatoms. The van der Waals surface area contributed by atoms with Gasteiger partial charge in [0.2, 0.25) is 0 Å². The van der Waals surface area contributed by atoms with Crippen LogP contribution < -0.4 is 10.6 Å². The highest BCUT2D eigenvalue weighted by atomic mass is 16.2. The molecule has 6 nitrogen and oxygen atoms in total. The third kappa shape index (κ3) is 4.46. The zero-order chi connectivity index (χ0) is 18.4. The molecule has 1 fully saturated rings. The number of likely N-dealkylation sites (tertiary alicyclic amines) is 1.